The number of piperidine rings is 1. The first-order chi connectivity index (χ1) is 12.7. The van der Waals surface area contributed by atoms with E-state index in [0.717, 1.165) is 37.2 Å². The summed E-state index contributed by atoms with van der Waals surface area (Å²) in [4.78, 5) is 13.1. The van der Waals surface area contributed by atoms with Gasteiger partial charge in [0, 0.05) is 25.2 Å². The summed E-state index contributed by atoms with van der Waals surface area (Å²) in [5.41, 5.74) is 3.74. The summed E-state index contributed by atoms with van der Waals surface area (Å²) < 4.78 is 0. The van der Waals surface area contributed by atoms with Crippen molar-refractivity contribution in [2.45, 2.75) is 31.6 Å². The number of carbonyl (C=O) groups is 1. The van der Waals surface area contributed by atoms with Gasteiger partial charge in [0.05, 0.1) is 12.1 Å². The molecule has 1 heterocycles. The van der Waals surface area contributed by atoms with Crippen LogP contribution in [0.1, 0.15) is 42.7 Å². The molecule has 5 nitrogen and oxygen atoms in total. The highest BCUT2D eigenvalue weighted by Crippen LogP contribution is 2.30. The lowest BCUT2D eigenvalue weighted by molar-refractivity contribution is -0.136. The molecule has 2 aromatic rings. The van der Waals surface area contributed by atoms with Crippen LogP contribution in [0.5, 0.6) is 0 Å². The summed E-state index contributed by atoms with van der Waals surface area (Å²) in [7, 11) is 0. The van der Waals surface area contributed by atoms with Gasteiger partial charge < -0.3 is 15.2 Å². The minimum atomic E-state index is -0.899. The van der Waals surface area contributed by atoms with Crippen LogP contribution in [0, 0.1) is 0 Å². The van der Waals surface area contributed by atoms with E-state index >= 15 is 0 Å². The molecule has 0 aromatic heterocycles. The van der Waals surface area contributed by atoms with Crippen LogP contribution in [0.3, 0.4) is 0 Å². The van der Waals surface area contributed by atoms with Gasteiger partial charge in [-0.2, -0.15) is 0 Å². The van der Waals surface area contributed by atoms with Crippen LogP contribution in [0.2, 0.25) is 0 Å². The second kappa shape index (κ2) is 8.52. The van der Waals surface area contributed by atoms with E-state index in [0.29, 0.717) is 11.6 Å². The van der Waals surface area contributed by atoms with Gasteiger partial charge in [-0.3, -0.25) is 4.79 Å². The average molecular weight is 352 g/mol. The van der Waals surface area contributed by atoms with Gasteiger partial charge in [-0.1, -0.05) is 47.6 Å². The Morgan fingerprint density at radius 2 is 1.65 bits per heavy atom. The number of carboxylic acids is 1. The van der Waals surface area contributed by atoms with Crippen molar-refractivity contribution in [3.05, 3.63) is 65.7 Å². The summed E-state index contributed by atoms with van der Waals surface area (Å²) >= 11 is 0. The number of rotatable bonds is 6. The average Bonchev–Trinajstić information content (AvgIpc) is 2.69. The number of anilines is 1. The molecule has 26 heavy (non-hydrogen) atoms. The molecule has 2 aromatic carbocycles. The Balaban J connectivity index is 1.60. The van der Waals surface area contributed by atoms with Gasteiger partial charge in [-0.25, -0.2) is 0 Å². The van der Waals surface area contributed by atoms with E-state index in [1.165, 1.54) is 5.56 Å². The number of hydrogen-bond acceptors (Lipinski definition) is 4. The smallest absolute Gasteiger partial charge is 0.303 e. The number of benzene rings is 2. The Morgan fingerprint density at radius 3 is 2.23 bits per heavy atom. The largest absolute Gasteiger partial charge is 0.481 e. The maximum atomic E-state index is 10.7. The lowest BCUT2D eigenvalue weighted by Gasteiger charge is -2.34. The van der Waals surface area contributed by atoms with Crippen molar-refractivity contribution in [2.75, 3.05) is 18.0 Å². The molecule has 2 N–H and O–H groups in total. The topological polar surface area (TPSA) is 73.1 Å². The lowest BCUT2D eigenvalue weighted by atomic mass is 9.89. The van der Waals surface area contributed by atoms with Crippen molar-refractivity contribution in [1.29, 1.82) is 0 Å². The van der Waals surface area contributed by atoms with Crippen LogP contribution >= 0.6 is 0 Å². The van der Waals surface area contributed by atoms with Gasteiger partial charge in [0.1, 0.15) is 0 Å². The fourth-order valence-corrected chi connectivity index (χ4v) is 3.54. The molecule has 0 bridgehead atoms. The fourth-order valence-electron chi connectivity index (χ4n) is 3.54. The van der Waals surface area contributed by atoms with Crippen LogP contribution in [0.15, 0.2) is 59.8 Å². The second-order valence-electron chi connectivity index (χ2n) is 6.66. The molecule has 3 rings (SSSR count). The van der Waals surface area contributed by atoms with E-state index in [9.17, 15) is 4.79 Å². The molecule has 1 fully saturated rings. The maximum absolute atomic E-state index is 10.7. The molecule has 1 saturated heterocycles. The maximum Gasteiger partial charge on any atom is 0.303 e. The van der Waals surface area contributed by atoms with E-state index in [-0.39, 0.29) is 12.8 Å². The highest BCUT2D eigenvalue weighted by atomic mass is 16.4. The second-order valence-corrected chi connectivity index (χ2v) is 6.66. The molecule has 0 unspecified atom stereocenters. The van der Waals surface area contributed by atoms with E-state index < -0.39 is 5.97 Å². The van der Waals surface area contributed by atoms with E-state index in [1.54, 1.807) is 0 Å². The molecule has 1 aliphatic heterocycles. The quantitative estimate of drug-likeness (QED) is 0.466. The number of nitrogens with zero attached hydrogens (tertiary/aromatic N) is 2. The molecule has 0 spiro atoms. The van der Waals surface area contributed by atoms with Crippen molar-refractivity contribution in [1.82, 2.24) is 0 Å². The summed E-state index contributed by atoms with van der Waals surface area (Å²) in [6.07, 6.45) is 2.43. The minimum absolute atomic E-state index is 0.0475. The van der Waals surface area contributed by atoms with Gasteiger partial charge in [0.2, 0.25) is 0 Å². The van der Waals surface area contributed by atoms with Gasteiger partial charge in [-0.05, 0) is 42.0 Å². The van der Waals surface area contributed by atoms with Crippen molar-refractivity contribution in [3.63, 3.8) is 0 Å². The van der Waals surface area contributed by atoms with E-state index in [4.69, 9.17) is 10.3 Å². The third-order valence-electron chi connectivity index (χ3n) is 5.03. The zero-order valence-electron chi connectivity index (χ0n) is 14.7. The Labute approximate surface area is 153 Å². The Kier molecular flexibility index (Phi) is 5.89. The minimum Gasteiger partial charge on any atom is -0.481 e. The van der Waals surface area contributed by atoms with Gasteiger partial charge in [0.15, 0.2) is 0 Å². The monoisotopic (exact) mass is 352 g/mol. The molecule has 0 radical (unpaired) electrons. The third kappa shape index (κ3) is 4.42. The molecule has 0 saturated carbocycles. The first kappa shape index (κ1) is 18.0. The molecular weight excluding hydrogens is 328 g/mol. The van der Waals surface area contributed by atoms with E-state index in [2.05, 4.69) is 40.4 Å². The third-order valence-corrected chi connectivity index (χ3v) is 5.03. The number of carboxylic acid groups (broad SMARTS) is 1. The van der Waals surface area contributed by atoms with Crippen LogP contribution in [-0.2, 0) is 4.79 Å². The molecule has 0 aliphatic carbocycles. The van der Waals surface area contributed by atoms with Crippen LogP contribution in [-0.4, -0.2) is 35.1 Å². The lowest BCUT2D eigenvalue weighted by Crippen LogP contribution is -2.32. The first-order valence-corrected chi connectivity index (χ1v) is 9.00. The Hall–Kier alpha value is -2.82. The summed E-state index contributed by atoms with van der Waals surface area (Å²) in [6.45, 7) is 2.03. The van der Waals surface area contributed by atoms with Gasteiger partial charge in [-0.15, -0.1) is 0 Å². The highest BCUT2D eigenvalue weighted by molar-refractivity contribution is 6.01. The molecule has 0 amide bonds. The zero-order valence-corrected chi connectivity index (χ0v) is 14.7. The molecule has 0 atom stereocenters. The Morgan fingerprint density at radius 1 is 1.00 bits per heavy atom. The van der Waals surface area contributed by atoms with Crippen LogP contribution in [0.25, 0.3) is 0 Å². The van der Waals surface area contributed by atoms with Crippen LogP contribution in [0.4, 0.5) is 5.69 Å². The molecular formula is C21H24N2O3. The van der Waals surface area contributed by atoms with Crippen molar-refractivity contribution in [3.8, 4) is 0 Å². The zero-order chi connectivity index (χ0) is 18.4. The highest BCUT2D eigenvalue weighted by Gasteiger charge is 2.20. The number of hydrogen-bond donors (Lipinski definition) is 2. The molecule has 136 valence electrons. The van der Waals surface area contributed by atoms with Crippen LogP contribution < -0.4 is 4.90 Å². The predicted molar refractivity (Wildman–Crippen MR) is 102 cm³/mol. The number of aliphatic carboxylic acids is 1. The SMILES string of the molecule is O=C(O)CC/C(=N\O)c1ccc(N2CCC(c3ccccc3)CC2)cc1. The van der Waals surface area contributed by atoms with Crippen molar-refractivity contribution >= 4 is 17.4 Å². The standard InChI is InChI=1S/C21H24N2O3/c24-21(25)11-10-20(22-26)18-6-8-19(9-7-18)23-14-12-17(13-15-23)16-4-2-1-3-5-16/h1-9,17,26H,10-15H2,(H,24,25)/b22-20+. The van der Waals surface area contributed by atoms with E-state index in [1.807, 2.05) is 24.3 Å². The summed E-state index contributed by atoms with van der Waals surface area (Å²) in [5.74, 6) is -0.278. The summed E-state index contributed by atoms with van der Waals surface area (Å²) in [6, 6.07) is 18.5. The van der Waals surface area contributed by atoms with Gasteiger partial charge >= 0.3 is 5.97 Å². The fraction of sp³-hybridized carbons (Fsp3) is 0.333. The van der Waals surface area contributed by atoms with Crippen molar-refractivity contribution < 1.29 is 15.1 Å². The predicted octanol–water partition coefficient (Wildman–Crippen LogP) is 4.11. The molecule has 1 aliphatic rings. The van der Waals surface area contributed by atoms with Gasteiger partial charge in [0.25, 0.3) is 0 Å². The Bertz CT molecular complexity index is 749. The first-order valence-electron chi connectivity index (χ1n) is 9.00. The summed E-state index contributed by atoms with van der Waals surface area (Å²) in [5, 5.41) is 21.2. The molecule has 5 heteroatoms. The van der Waals surface area contributed by atoms with Crippen molar-refractivity contribution in [2.24, 2.45) is 5.16 Å². The number of oxime groups is 1. The normalized spacial score (nSPS) is 15.8.